The van der Waals surface area contributed by atoms with E-state index >= 15 is 0 Å². The van der Waals surface area contributed by atoms with Gasteiger partial charge in [-0.05, 0) is 49.4 Å². The van der Waals surface area contributed by atoms with Gasteiger partial charge in [-0.15, -0.1) is 0 Å². The smallest absolute Gasteiger partial charge is 0.335 e. The molecule has 0 fully saturated rings. The molecule has 2 unspecified atom stereocenters. The van der Waals surface area contributed by atoms with Crippen LogP contribution in [0.15, 0.2) is 53.4 Å². The molecule has 0 bridgehead atoms. The van der Waals surface area contributed by atoms with E-state index in [9.17, 15) is 9.00 Å². The molecule has 0 radical (unpaired) electrons. The van der Waals surface area contributed by atoms with Gasteiger partial charge in [-0.25, -0.2) is 4.79 Å². The van der Waals surface area contributed by atoms with Crippen LogP contribution < -0.4 is 0 Å². The van der Waals surface area contributed by atoms with Crippen LogP contribution >= 0.6 is 0 Å². The molecule has 0 aromatic heterocycles. The molecule has 2 atom stereocenters. The molecule has 2 aromatic carbocycles. The van der Waals surface area contributed by atoms with Crippen LogP contribution in [0.1, 0.15) is 34.5 Å². The molecule has 0 heterocycles. The first-order valence-electron chi connectivity index (χ1n) is 7.34. The van der Waals surface area contributed by atoms with Gasteiger partial charge in [-0.3, -0.25) is 9.11 Å². The molecule has 0 saturated heterocycles. The molecule has 0 saturated carbocycles. The van der Waals surface area contributed by atoms with E-state index in [4.69, 9.17) is 5.11 Å². The van der Waals surface area contributed by atoms with Crippen LogP contribution in [-0.2, 0) is 17.3 Å². The predicted molar refractivity (Wildman–Crippen MR) is 92.1 cm³/mol. The van der Waals surface area contributed by atoms with Crippen molar-refractivity contribution in [2.24, 2.45) is 0 Å². The number of carbonyl (C=O) groups is 1. The first-order chi connectivity index (χ1) is 10.9. The minimum absolute atomic E-state index is 0.202. The summed E-state index contributed by atoms with van der Waals surface area (Å²) < 4.78 is 11.4. The first-order valence-corrected chi connectivity index (χ1v) is 8.90. The lowest BCUT2D eigenvalue weighted by Crippen LogP contribution is -2.22. The topological polar surface area (TPSA) is 57.6 Å². The van der Waals surface area contributed by atoms with Crippen molar-refractivity contribution in [2.75, 3.05) is 13.3 Å². The summed E-state index contributed by atoms with van der Waals surface area (Å²) in [4.78, 5) is 13.9. The van der Waals surface area contributed by atoms with Crippen LogP contribution in [0, 0.1) is 0 Å². The van der Waals surface area contributed by atoms with E-state index in [1.807, 2.05) is 43.4 Å². The Bertz CT molecular complexity index is 695. The number of aromatic carboxylic acids is 1. The Hall–Kier alpha value is -1.98. The highest BCUT2D eigenvalue weighted by Crippen LogP contribution is 2.22. The lowest BCUT2D eigenvalue weighted by Gasteiger charge is -2.25. The second-order valence-electron chi connectivity index (χ2n) is 5.62. The van der Waals surface area contributed by atoms with Crippen molar-refractivity contribution in [2.45, 2.75) is 24.4 Å². The number of hydrogen-bond donors (Lipinski definition) is 1. The van der Waals surface area contributed by atoms with Crippen molar-refractivity contribution in [3.8, 4) is 0 Å². The molecular formula is C18H21NO3S. The molecule has 2 rings (SSSR count). The van der Waals surface area contributed by atoms with Gasteiger partial charge in [0.05, 0.1) is 5.56 Å². The average molecular weight is 331 g/mol. The standard InChI is InChI=1S/C18H21NO3S/c1-13(15-8-10-17(11-9-15)23(3)22)19(2)12-14-4-6-16(7-5-14)18(20)21/h4-11,13H,12H2,1-3H3,(H,20,21). The van der Waals surface area contributed by atoms with E-state index < -0.39 is 16.8 Å². The minimum atomic E-state index is -0.960. The summed E-state index contributed by atoms with van der Waals surface area (Å²) in [7, 11) is 1.07. The van der Waals surface area contributed by atoms with Gasteiger partial charge in [0.2, 0.25) is 0 Å². The van der Waals surface area contributed by atoms with Crippen LogP contribution in [0.4, 0.5) is 0 Å². The summed E-state index contributed by atoms with van der Waals surface area (Å²) in [5, 5.41) is 8.92. The molecule has 23 heavy (non-hydrogen) atoms. The number of hydrogen-bond acceptors (Lipinski definition) is 3. The third-order valence-electron chi connectivity index (χ3n) is 3.99. The second-order valence-corrected chi connectivity index (χ2v) is 7.00. The summed E-state index contributed by atoms with van der Waals surface area (Å²) in [6.45, 7) is 2.84. The highest BCUT2D eigenvalue weighted by atomic mass is 32.2. The van der Waals surface area contributed by atoms with Gasteiger partial charge in [0.15, 0.2) is 0 Å². The molecule has 122 valence electrons. The van der Waals surface area contributed by atoms with Gasteiger partial charge in [0.1, 0.15) is 0 Å². The van der Waals surface area contributed by atoms with Crippen molar-refractivity contribution in [1.82, 2.24) is 4.90 Å². The zero-order chi connectivity index (χ0) is 17.0. The minimum Gasteiger partial charge on any atom is -0.478 e. The van der Waals surface area contributed by atoms with E-state index in [0.717, 1.165) is 22.6 Å². The molecule has 0 amide bonds. The summed E-state index contributed by atoms with van der Waals surface area (Å²) in [5.74, 6) is -0.910. The number of nitrogens with zero attached hydrogens (tertiary/aromatic N) is 1. The Balaban J connectivity index is 2.05. The van der Waals surface area contributed by atoms with E-state index in [1.165, 1.54) is 0 Å². The van der Waals surface area contributed by atoms with E-state index in [0.29, 0.717) is 5.56 Å². The van der Waals surface area contributed by atoms with E-state index in [-0.39, 0.29) is 6.04 Å². The van der Waals surface area contributed by atoms with Crippen LogP contribution in [0.2, 0.25) is 0 Å². The van der Waals surface area contributed by atoms with Gasteiger partial charge in [-0.2, -0.15) is 0 Å². The molecule has 0 aliphatic rings. The molecule has 0 aliphatic carbocycles. The third-order valence-corrected chi connectivity index (χ3v) is 4.92. The zero-order valence-corrected chi connectivity index (χ0v) is 14.3. The van der Waals surface area contributed by atoms with Gasteiger partial charge in [-0.1, -0.05) is 24.3 Å². The quantitative estimate of drug-likeness (QED) is 0.882. The number of carboxylic acids is 1. The maximum absolute atomic E-state index is 11.4. The van der Waals surface area contributed by atoms with E-state index in [1.54, 1.807) is 18.4 Å². The van der Waals surface area contributed by atoms with Crippen LogP contribution in [-0.4, -0.2) is 33.5 Å². The summed E-state index contributed by atoms with van der Waals surface area (Å²) in [6, 6.07) is 15.0. The Morgan fingerprint density at radius 3 is 2.17 bits per heavy atom. The third kappa shape index (κ3) is 4.50. The Morgan fingerprint density at radius 1 is 1.13 bits per heavy atom. The van der Waals surface area contributed by atoms with Crippen LogP contribution in [0.3, 0.4) is 0 Å². The van der Waals surface area contributed by atoms with Gasteiger partial charge < -0.3 is 5.11 Å². The van der Waals surface area contributed by atoms with Gasteiger partial charge in [0.25, 0.3) is 0 Å². The Kier molecular flexibility index (Phi) is 5.69. The maximum Gasteiger partial charge on any atom is 0.335 e. The number of benzene rings is 2. The fourth-order valence-electron chi connectivity index (χ4n) is 2.37. The average Bonchev–Trinajstić information content (AvgIpc) is 2.54. The van der Waals surface area contributed by atoms with Crippen molar-refractivity contribution < 1.29 is 14.1 Å². The predicted octanol–water partition coefficient (Wildman–Crippen LogP) is 3.32. The highest BCUT2D eigenvalue weighted by molar-refractivity contribution is 7.84. The maximum atomic E-state index is 11.4. The SMILES string of the molecule is CC(c1ccc(S(C)=O)cc1)N(C)Cc1ccc(C(=O)O)cc1. The lowest BCUT2D eigenvalue weighted by molar-refractivity contribution is 0.0697. The van der Waals surface area contributed by atoms with Crippen molar-refractivity contribution >= 4 is 16.8 Å². The molecular weight excluding hydrogens is 310 g/mol. The highest BCUT2D eigenvalue weighted by Gasteiger charge is 2.13. The normalized spacial score (nSPS) is 13.7. The monoisotopic (exact) mass is 331 g/mol. The molecule has 2 aromatic rings. The molecule has 5 heteroatoms. The van der Waals surface area contributed by atoms with E-state index in [2.05, 4.69) is 11.8 Å². The first kappa shape index (κ1) is 17.4. The fourth-order valence-corrected chi connectivity index (χ4v) is 2.89. The molecule has 0 spiro atoms. The molecule has 1 N–H and O–H groups in total. The van der Waals surface area contributed by atoms with Crippen molar-refractivity contribution in [3.05, 3.63) is 65.2 Å². The summed E-state index contributed by atoms with van der Waals surface area (Å²) in [5.41, 5.74) is 2.52. The summed E-state index contributed by atoms with van der Waals surface area (Å²) >= 11 is 0. The van der Waals surface area contributed by atoms with Crippen LogP contribution in [0.5, 0.6) is 0 Å². The largest absolute Gasteiger partial charge is 0.478 e. The number of carboxylic acid groups (broad SMARTS) is 1. The Labute approximate surface area is 139 Å². The zero-order valence-electron chi connectivity index (χ0n) is 13.5. The van der Waals surface area contributed by atoms with Gasteiger partial charge in [0, 0.05) is 34.5 Å². The van der Waals surface area contributed by atoms with Crippen molar-refractivity contribution in [1.29, 1.82) is 0 Å². The van der Waals surface area contributed by atoms with Crippen LogP contribution in [0.25, 0.3) is 0 Å². The molecule has 4 nitrogen and oxygen atoms in total. The fraction of sp³-hybridized carbons (Fsp3) is 0.278. The second kappa shape index (κ2) is 7.53. The molecule has 0 aliphatic heterocycles. The number of rotatable bonds is 6. The lowest BCUT2D eigenvalue weighted by atomic mass is 10.1. The Morgan fingerprint density at radius 2 is 1.70 bits per heavy atom. The van der Waals surface area contributed by atoms with Crippen molar-refractivity contribution in [3.63, 3.8) is 0 Å². The summed E-state index contributed by atoms with van der Waals surface area (Å²) in [6.07, 6.45) is 1.67. The van der Waals surface area contributed by atoms with Gasteiger partial charge >= 0.3 is 5.97 Å².